The van der Waals surface area contributed by atoms with E-state index in [-0.39, 0.29) is 10.8 Å². The molecule has 4 aromatic carbocycles. The fourth-order valence-corrected chi connectivity index (χ4v) is 4.94. The smallest absolute Gasteiger partial charge is 0.142 e. The van der Waals surface area contributed by atoms with Gasteiger partial charge in [0.2, 0.25) is 0 Å². The minimum atomic E-state index is 0.120. The molecular weight excluding hydrogens is 436 g/mol. The van der Waals surface area contributed by atoms with Crippen LogP contribution in [0.1, 0.15) is 52.7 Å². The Labute approximate surface area is 215 Å². The highest BCUT2D eigenvalue weighted by Crippen LogP contribution is 2.41. The lowest BCUT2D eigenvalue weighted by Gasteiger charge is -2.21. The van der Waals surface area contributed by atoms with Crippen molar-refractivity contribution in [2.45, 2.75) is 52.4 Å². The third-order valence-electron chi connectivity index (χ3n) is 7.20. The maximum atomic E-state index is 5.13. The Kier molecular flexibility index (Phi) is 5.87. The van der Waals surface area contributed by atoms with Crippen molar-refractivity contribution in [3.8, 4) is 33.6 Å². The number of imidazole rings is 1. The molecule has 182 valence electrons. The number of aryl methyl sites for hydroxylation is 1. The Morgan fingerprint density at radius 2 is 1.03 bits per heavy atom. The molecule has 0 saturated carbocycles. The number of hydrogen-bond acceptors (Lipinski definition) is 1. The molecule has 5 aromatic rings. The molecule has 0 unspecified atom stereocenters. The van der Waals surface area contributed by atoms with Crippen molar-refractivity contribution >= 4 is 11.0 Å². The van der Waals surface area contributed by atoms with Crippen molar-refractivity contribution < 1.29 is 0 Å². The minimum absolute atomic E-state index is 0.120. The number of nitrogens with zero attached hydrogens (tertiary/aromatic N) is 2. The standard InChI is InChI=1S/C34H36N2/c1-33(2,3)25-19-15-23(16-20-25)27-11-10-12-28(24-17-21-26(22-18-24)34(4,5)6)31(27)32-35-29-13-8-9-14-30(29)36(32)7/h8-22H,1-7H3. The molecule has 2 nitrogen and oxygen atoms in total. The SMILES string of the molecule is Cn1c(-c2c(-c3ccc(C(C)(C)C)cc3)cccc2-c2ccc(C(C)(C)C)cc2)nc2ccccc21. The number of rotatable bonds is 3. The van der Waals surface area contributed by atoms with Gasteiger partial charge in [0.25, 0.3) is 0 Å². The van der Waals surface area contributed by atoms with Gasteiger partial charge in [-0.1, -0.05) is 120 Å². The van der Waals surface area contributed by atoms with E-state index in [1.165, 1.54) is 38.9 Å². The van der Waals surface area contributed by atoms with Gasteiger partial charge < -0.3 is 4.57 Å². The summed E-state index contributed by atoms with van der Waals surface area (Å²) in [5.74, 6) is 0.988. The Balaban J connectivity index is 1.76. The van der Waals surface area contributed by atoms with Crippen molar-refractivity contribution in [2.75, 3.05) is 0 Å². The first-order chi connectivity index (χ1) is 17.0. The van der Waals surface area contributed by atoms with Gasteiger partial charge in [0.1, 0.15) is 5.82 Å². The number of hydrogen-bond donors (Lipinski definition) is 0. The Morgan fingerprint density at radius 1 is 0.556 bits per heavy atom. The summed E-state index contributed by atoms with van der Waals surface area (Å²) in [5, 5.41) is 0. The van der Waals surface area contributed by atoms with E-state index in [1.807, 2.05) is 0 Å². The maximum absolute atomic E-state index is 5.13. The average Bonchev–Trinajstić information content (AvgIpc) is 3.19. The van der Waals surface area contributed by atoms with Crippen molar-refractivity contribution in [3.05, 3.63) is 102 Å². The van der Waals surface area contributed by atoms with Crippen molar-refractivity contribution in [2.24, 2.45) is 7.05 Å². The second kappa shape index (κ2) is 8.78. The number of para-hydroxylation sites is 2. The van der Waals surface area contributed by atoms with Gasteiger partial charge in [0.15, 0.2) is 0 Å². The van der Waals surface area contributed by atoms with E-state index < -0.39 is 0 Å². The second-order valence-corrected chi connectivity index (χ2v) is 11.9. The molecule has 0 radical (unpaired) electrons. The summed E-state index contributed by atoms with van der Waals surface area (Å²) in [7, 11) is 2.12. The summed E-state index contributed by atoms with van der Waals surface area (Å²) in [6, 6.07) is 33.1. The summed E-state index contributed by atoms with van der Waals surface area (Å²) in [6.07, 6.45) is 0. The van der Waals surface area contributed by atoms with Gasteiger partial charge >= 0.3 is 0 Å². The molecule has 0 aliphatic carbocycles. The molecule has 0 bridgehead atoms. The molecule has 0 spiro atoms. The lowest BCUT2D eigenvalue weighted by molar-refractivity contribution is 0.590. The zero-order chi connectivity index (χ0) is 25.7. The summed E-state index contributed by atoms with van der Waals surface area (Å²) in [4.78, 5) is 5.13. The van der Waals surface area contributed by atoms with E-state index in [0.717, 1.165) is 16.9 Å². The topological polar surface area (TPSA) is 17.8 Å². The van der Waals surface area contributed by atoms with Crippen LogP contribution in [0, 0.1) is 0 Å². The van der Waals surface area contributed by atoms with Crippen LogP contribution in [0.25, 0.3) is 44.7 Å². The maximum Gasteiger partial charge on any atom is 0.142 e. The van der Waals surface area contributed by atoms with Crippen LogP contribution in [-0.2, 0) is 17.9 Å². The third kappa shape index (κ3) is 4.37. The van der Waals surface area contributed by atoms with Crippen LogP contribution in [0.2, 0.25) is 0 Å². The fraction of sp³-hybridized carbons (Fsp3) is 0.265. The first kappa shape index (κ1) is 24.1. The lowest BCUT2D eigenvalue weighted by atomic mass is 9.84. The molecule has 0 fully saturated rings. The van der Waals surface area contributed by atoms with Crippen LogP contribution in [0.3, 0.4) is 0 Å². The zero-order valence-electron chi connectivity index (χ0n) is 22.6. The largest absolute Gasteiger partial charge is 0.327 e. The van der Waals surface area contributed by atoms with Gasteiger partial charge in [0, 0.05) is 12.6 Å². The van der Waals surface area contributed by atoms with Gasteiger partial charge in [-0.2, -0.15) is 0 Å². The van der Waals surface area contributed by atoms with Crippen molar-refractivity contribution in [1.29, 1.82) is 0 Å². The van der Waals surface area contributed by atoms with Gasteiger partial charge in [-0.05, 0) is 56.3 Å². The first-order valence-electron chi connectivity index (χ1n) is 12.8. The number of fused-ring (bicyclic) bond motifs is 1. The van der Waals surface area contributed by atoms with Crippen LogP contribution in [0.4, 0.5) is 0 Å². The zero-order valence-corrected chi connectivity index (χ0v) is 22.6. The minimum Gasteiger partial charge on any atom is -0.327 e. The quantitative estimate of drug-likeness (QED) is 0.256. The van der Waals surface area contributed by atoms with Crippen molar-refractivity contribution in [3.63, 3.8) is 0 Å². The van der Waals surface area contributed by atoms with Gasteiger partial charge in [0.05, 0.1) is 11.0 Å². The summed E-state index contributed by atoms with van der Waals surface area (Å²) in [5.41, 5.74) is 11.1. The molecule has 1 aromatic heterocycles. The monoisotopic (exact) mass is 472 g/mol. The van der Waals surface area contributed by atoms with E-state index in [0.29, 0.717) is 0 Å². The van der Waals surface area contributed by atoms with Crippen molar-refractivity contribution in [1.82, 2.24) is 9.55 Å². The molecule has 0 aliphatic heterocycles. The predicted molar refractivity (Wildman–Crippen MR) is 154 cm³/mol. The van der Waals surface area contributed by atoms with Gasteiger partial charge in [-0.15, -0.1) is 0 Å². The van der Waals surface area contributed by atoms with E-state index in [1.54, 1.807) is 0 Å². The highest BCUT2D eigenvalue weighted by Gasteiger charge is 2.21. The van der Waals surface area contributed by atoms with E-state index >= 15 is 0 Å². The Bertz CT molecular complexity index is 1440. The highest BCUT2D eigenvalue weighted by molar-refractivity contribution is 5.95. The third-order valence-corrected chi connectivity index (χ3v) is 7.20. The summed E-state index contributed by atoms with van der Waals surface area (Å²) >= 11 is 0. The lowest BCUT2D eigenvalue weighted by Crippen LogP contribution is -2.10. The molecule has 0 saturated heterocycles. The predicted octanol–water partition coefficient (Wildman–Crippen LogP) is 9.17. The van der Waals surface area contributed by atoms with Crippen LogP contribution >= 0.6 is 0 Å². The molecule has 5 rings (SSSR count). The first-order valence-corrected chi connectivity index (χ1v) is 12.8. The average molecular weight is 473 g/mol. The molecule has 0 aliphatic rings. The highest BCUT2D eigenvalue weighted by atomic mass is 15.1. The van der Waals surface area contributed by atoms with Crippen LogP contribution in [-0.4, -0.2) is 9.55 Å². The molecule has 1 heterocycles. The molecule has 0 amide bonds. The Hall–Kier alpha value is -3.65. The number of benzene rings is 4. The van der Waals surface area contributed by atoms with Crippen LogP contribution in [0.5, 0.6) is 0 Å². The summed E-state index contributed by atoms with van der Waals surface area (Å²) < 4.78 is 2.23. The normalized spacial score (nSPS) is 12.3. The molecule has 2 heteroatoms. The van der Waals surface area contributed by atoms with E-state index in [2.05, 4.69) is 144 Å². The fourth-order valence-electron chi connectivity index (χ4n) is 4.94. The molecule has 36 heavy (non-hydrogen) atoms. The van der Waals surface area contributed by atoms with Crippen LogP contribution < -0.4 is 0 Å². The molecule has 0 N–H and O–H groups in total. The number of aromatic nitrogens is 2. The Morgan fingerprint density at radius 3 is 1.47 bits per heavy atom. The van der Waals surface area contributed by atoms with Gasteiger partial charge in [-0.25, -0.2) is 4.98 Å². The van der Waals surface area contributed by atoms with Crippen LogP contribution in [0.15, 0.2) is 91.0 Å². The summed E-state index contributed by atoms with van der Waals surface area (Å²) in [6.45, 7) is 13.6. The van der Waals surface area contributed by atoms with E-state index in [4.69, 9.17) is 4.98 Å². The molecular formula is C34H36N2. The van der Waals surface area contributed by atoms with Gasteiger partial charge in [-0.3, -0.25) is 0 Å². The second-order valence-electron chi connectivity index (χ2n) is 11.9. The van der Waals surface area contributed by atoms with E-state index in [9.17, 15) is 0 Å². The molecule has 0 atom stereocenters.